The molecule has 1 heterocycles. The van der Waals surface area contributed by atoms with Crippen molar-refractivity contribution in [2.24, 2.45) is 0 Å². The van der Waals surface area contributed by atoms with E-state index in [4.69, 9.17) is 13.0 Å². The van der Waals surface area contributed by atoms with Gasteiger partial charge in [0.15, 0.2) is 22.5 Å². The molecule has 0 saturated heterocycles. The first-order valence-corrected chi connectivity index (χ1v) is 7.02. The molecule has 1 rings (SSSR count). The Labute approximate surface area is 110 Å². The molecule has 0 aliphatic heterocycles. The highest BCUT2D eigenvalue weighted by atomic mass is 32.2. The first-order chi connectivity index (χ1) is 8.61. The van der Waals surface area contributed by atoms with Crippen LogP contribution in [0.3, 0.4) is 0 Å². The Kier molecular flexibility index (Phi) is 6.99. The Morgan fingerprint density at radius 3 is 2.21 bits per heavy atom. The summed E-state index contributed by atoms with van der Waals surface area (Å²) < 4.78 is 61.1. The molecule has 0 N–H and O–H groups in total. The van der Waals surface area contributed by atoms with Gasteiger partial charge in [-0.1, -0.05) is 13.3 Å². The zero-order valence-electron chi connectivity index (χ0n) is 10.6. The second-order valence-electron chi connectivity index (χ2n) is 3.69. The number of hydrogen-bond acceptors (Lipinski definition) is 3. The van der Waals surface area contributed by atoms with Crippen LogP contribution in [-0.4, -0.2) is 18.5 Å². The molecule has 0 aliphatic carbocycles. The van der Waals surface area contributed by atoms with Crippen LogP contribution in [0, 0.1) is 0 Å². The Morgan fingerprint density at radius 2 is 1.84 bits per heavy atom. The average molecular weight is 299 g/mol. The zero-order valence-corrected chi connectivity index (χ0v) is 11.5. The minimum atomic E-state index is -6.09. The molecule has 0 spiro atoms. The van der Waals surface area contributed by atoms with E-state index in [1.807, 2.05) is 0 Å². The fraction of sp³-hybridized carbons (Fsp3) is 0.545. The SMILES string of the molecule is CCCc1ccc[n+](CC)c1.O=S(=O)([O-])C(F)(F)F. The quantitative estimate of drug-likeness (QED) is 0.487. The highest BCUT2D eigenvalue weighted by molar-refractivity contribution is 7.86. The van der Waals surface area contributed by atoms with Crippen LogP contribution in [0.2, 0.25) is 0 Å². The van der Waals surface area contributed by atoms with Crippen molar-refractivity contribution in [1.29, 1.82) is 0 Å². The number of hydrogen-bond donors (Lipinski definition) is 0. The van der Waals surface area contributed by atoms with Gasteiger partial charge in [0.1, 0.15) is 6.54 Å². The number of pyridine rings is 1. The van der Waals surface area contributed by atoms with E-state index in [2.05, 4.69) is 42.9 Å². The van der Waals surface area contributed by atoms with Gasteiger partial charge in [0.25, 0.3) is 0 Å². The van der Waals surface area contributed by atoms with Crippen LogP contribution < -0.4 is 4.57 Å². The van der Waals surface area contributed by atoms with Crippen molar-refractivity contribution in [3.05, 3.63) is 30.1 Å². The third kappa shape index (κ3) is 7.12. The lowest BCUT2D eigenvalue weighted by Gasteiger charge is -2.08. The maximum Gasteiger partial charge on any atom is 0.485 e. The van der Waals surface area contributed by atoms with E-state index >= 15 is 0 Å². The van der Waals surface area contributed by atoms with Gasteiger partial charge in [0, 0.05) is 11.6 Å². The van der Waals surface area contributed by atoms with Gasteiger partial charge in [-0.2, -0.15) is 13.2 Å². The minimum absolute atomic E-state index is 1.07. The first kappa shape index (κ1) is 17.8. The fourth-order valence-electron chi connectivity index (χ4n) is 1.21. The van der Waals surface area contributed by atoms with Crippen molar-refractivity contribution in [3.63, 3.8) is 0 Å². The van der Waals surface area contributed by atoms with Crippen molar-refractivity contribution in [1.82, 2.24) is 0 Å². The number of aryl methyl sites for hydroxylation is 2. The Morgan fingerprint density at radius 1 is 1.32 bits per heavy atom. The summed E-state index contributed by atoms with van der Waals surface area (Å²) in [6.07, 6.45) is 6.76. The predicted octanol–water partition coefficient (Wildman–Crippen LogP) is 2.00. The molecule has 0 unspecified atom stereocenters. The maximum atomic E-state index is 10.7. The van der Waals surface area contributed by atoms with E-state index in [9.17, 15) is 13.2 Å². The molecule has 0 fully saturated rings. The summed E-state index contributed by atoms with van der Waals surface area (Å²) in [6, 6.07) is 4.31. The van der Waals surface area contributed by atoms with Gasteiger partial charge in [-0.3, -0.25) is 0 Å². The van der Waals surface area contributed by atoms with E-state index in [1.165, 1.54) is 18.4 Å². The maximum absolute atomic E-state index is 10.7. The lowest BCUT2D eigenvalue weighted by Crippen LogP contribution is -2.31. The molecular weight excluding hydrogens is 283 g/mol. The minimum Gasteiger partial charge on any atom is -0.741 e. The average Bonchev–Trinajstić information content (AvgIpc) is 2.28. The first-order valence-electron chi connectivity index (χ1n) is 5.62. The molecule has 1 aromatic rings. The second-order valence-corrected chi connectivity index (χ2v) is 5.06. The number of alkyl halides is 3. The monoisotopic (exact) mass is 299 g/mol. The van der Waals surface area contributed by atoms with E-state index in [0.29, 0.717) is 0 Å². The Hall–Kier alpha value is -1.15. The molecule has 1 aromatic heterocycles. The molecule has 8 heteroatoms. The van der Waals surface area contributed by atoms with Gasteiger partial charge in [-0.05, 0) is 19.4 Å². The number of aromatic nitrogens is 1. The molecule has 0 amide bonds. The highest BCUT2D eigenvalue weighted by Crippen LogP contribution is 2.20. The third-order valence-electron chi connectivity index (χ3n) is 2.11. The number of rotatable bonds is 3. The van der Waals surface area contributed by atoms with Crippen molar-refractivity contribution >= 4 is 10.1 Å². The lowest BCUT2D eigenvalue weighted by atomic mass is 10.2. The summed E-state index contributed by atoms with van der Waals surface area (Å²) in [6.45, 7) is 5.44. The highest BCUT2D eigenvalue weighted by Gasteiger charge is 2.36. The van der Waals surface area contributed by atoms with Crippen LogP contribution in [0.1, 0.15) is 25.8 Å². The van der Waals surface area contributed by atoms with Gasteiger partial charge < -0.3 is 4.55 Å². The standard InChI is InChI=1S/C10H16N.CHF3O3S/c1-3-6-10-7-5-8-11(4-2)9-10;2-1(3,4)8(5,6)7/h5,7-9H,3-4,6H2,1-2H3;(H,5,6,7)/q+1;/p-1. The molecule has 4 nitrogen and oxygen atoms in total. The molecule has 110 valence electrons. The summed E-state index contributed by atoms with van der Waals surface area (Å²) >= 11 is 0. The smallest absolute Gasteiger partial charge is 0.485 e. The van der Waals surface area contributed by atoms with Gasteiger partial charge in [0.2, 0.25) is 0 Å². The zero-order chi connectivity index (χ0) is 15.1. The van der Waals surface area contributed by atoms with Gasteiger partial charge in [-0.25, -0.2) is 13.0 Å². The largest absolute Gasteiger partial charge is 0.741 e. The summed E-state index contributed by atoms with van der Waals surface area (Å²) in [5.41, 5.74) is -4.20. The van der Waals surface area contributed by atoms with Gasteiger partial charge >= 0.3 is 5.51 Å². The van der Waals surface area contributed by atoms with Crippen LogP contribution in [-0.2, 0) is 23.1 Å². The van der Waals surface area contributed by atoms with Crippen LogP contribution in [0.15, 0.2) is 24.5 Å². The predicted molar refractivity (Wildman–Crippen MR) is 62.1 cm³/mol. The Bertz CT molecular complexity index is 486. The summed E-state index contributed by atoms with van der Waals surface area (Å²) in [4.78, 5) is 0. The topological polar surface area (TPSA) is 61.1 Å². The summed E-state index contributed by atoms with van der Waals surface area (Å²) in [5.74, 6) is 0. The number of halogens is 3. The Balaban J connectivity index is 0.000000362. The third-order valence-corrected chi connectivity index (χ3v) is 2.67. The second kappa shape index (κ2) is 7.44. The fourth-order valence-corrected chi connectivity index (χ4v) is 1.21. The molecule has 0 aliphatic rings. The molecular formula is C11H16F3NO3S. The van der Waals surface area contributed by atoms with Crippen molar-refractivity contribution in [2.75, 3.05) is 0 Å². The molecule has 0 aromatic carbocycles. The van der Waals surface area contributed by atoms with Crippen LogP contribution in [0.5, 0.6) is 0 Å². The lowest BCUT2D eigenvalue weighted by molar-refractivity contribution is -0.694. The molecule has 0 atom stereocenters. The van der Waals surface area contributed by atoms with Crippen LogP contribution in [0.4, 0.5) is 13.2 Å². The van der Waals surface area contributed by atoms with E-state index in [1.54, 1.807) is 0 Å². The van der Waals surface area contributed by atoms with E-state index in [0.717, 1.165) is 6.54 Å². The summed E-state index contributed by atoms with van der Waals surface area (Å²) in [5, 5.41) is 0. The van der Waals surface area contributed by atoms with Gasteiger partial charge in [0.05, 0.1) is 0 Å². The molecule has 19 heavy (non-hydrogen) atoms. The van der Waals surface area contributed by atoms with Crippen molar-refractivity contribution < 1.29 is 30.7 Å². The van der Waals surface area contributed by atoms with Gasteiger partial charge in [-0.15, -0.1) is 0 Å². The van der Waals surface area contributed by atoms with E-state index in [-0.39, 0.29) is 0 Å². The van der Waals surface area contributed by atoms with Crippen molar-refractivity contribution in [3.8, 4) is 0 Å². The van der Waals surface area contributed by atoms with E-state index < -0.39 is 15.6 Å². The molecule has 0 radical (unpaired) electrons. The number of nitrogens with zero attached hydrogens (tertiary/aromatic N) is 1. The summed E-state index contributed by atoms with van der Waals surface area (Å²) in [7, 11) is -6.09. The molecule has 0 bridgehead atoms. The van der Waals surface area contributed by atoms with Crippen LogP contribution in [0.25, 0.3) is 0 Å². The molecule has 0 saturated carbocycles. The normalized spacial score (nSPS) is 11.7. The van der Waals surface area contributed by atoms with Crippen molar-refractivity contribution in [2.45, 2.75) is 38.7 Å². The van der Waals surface area contributed by atoms with Crippen LogP contribution >= 0.6 is 0 Å².